The monoisotopic (exact) mass is 315 g/mol. The van der Waals surface area contributed by atoms with Crippen LogP contribution in [0, 0.1) is 0 Å². The summed E-state index contributed by atoms with van der Waals surface area (Å²) in [5, 5.41) is 5.12. The highest BCUT2D eigenvalue weighted by Crippen LogP contribution is 2.42. The largest absolute Gasteiger partial charge is 0.487 e. The number of nitrogens with one attached hydrogen (secondary N) is 1. The molecule has 1 N–H and O–H groups in total. The second-order valence-electron chi connectivity index (χ2n) is 5.74. The van der Waals surface area contributed by atoms with Crippen LogP contribution in [0.5, 0.6) is 5.75 Å². The van der Waals surface area contributed by atoms with Gasteiger partial charge in [-0.2, -0.15) is 0 Å². The molecule has 0 bridgehead atoms. The van der Waals surface area contributed by atoms with Crippen LogP contribution in [-0.2, 0) is 0 Å². The summed E-state index contributed by atoms with van der Waals surface area (Å²) in [4.78, 5) is 13.2. The molecule has 0 aliphatic carbocycles. The number of para-hydroxylation sites is 1. The molecule has 1 amide bonds. The predicted octanol–water partition coefficient (Wildman–Crippen LogP) is 4.56. The number of hydrogen-bond acceptors (Lipinski definition) is 3. The molecule has 0 radical (unpaired) electrons. The fourth-order valence-corrected chi connectivity index (χ4v) is 3.69. The van der Waals surface area contributed by atoms with Crippen molar-refractivity contribution in [2.24, 2.45) is 0 Å². The van der Waals surface area contributed by atoms with E-state index in [0.717, 1.165) is 35.5 Å². The summed E-state index contributed by atoms with van der Waals surface area (Å²) in [5.74, 6) is 0.895. The zero-order valence-corrected chi connectivity index (χ0v) is 13.8. The molecular formula is C18H21NO2S. The molecular weight excluding hydrogens is 294 g/mol. The molecule has 1 aliphatic heterocycles. The van der Waals surface area contributed by atoms with E-state index in [2.05, 4.69) is 19.2 Å². The molecule has 1 aliphatic rings. The molecule has 4 heteroatoms. The van der Waals surface area contributed by atoms with Crippen molar-refractivity contribution in [3.63, 3.8) is 0 Å². The van der Waals surface area contributed by atoms with E-state index in [-0.39, 0.29) is 17.6 Å². The Labute approximate surface area is 135 Å². The third kappa shape index (κ3) is 2.75. The average molecular weight is 315 g/mol. The summed E-state index contributed by atoms with van der Waals surface area (Å²) in [6, 6.07) is 11.8. The van der Waals surface area contributed by atoms with Gasteiger partial charge in [0, 0.05) is 12.0 Å². The van der Waals surface area contributed by atoms with Crippen LogP contribution in [-0.4, -0.2) is 11.5 Å². The minimum atomic E-state index is -0.193. The van der Waals surface area contributed by atoms with Crippen LogP contribution in [0.1, 0.15) is 54.4 Å². The first-order valence-corrected chi connectivity index (χ1v) is 8.68. The zero-order chi connectivity index (χ0) is 15.6. The van der Waals surface area contributed by atoms with E-state index in [1.165, 1.54) is 11.3 Å². The molecule has 3 nitrogen and oxygen atoms in total. The summed E-state index contributed by atoms with van der Waals surface area (Å²) in [5.41, 5.74) is 0.881. The third-order valence-electron chi connectivity index (χ3n) is 4.54. The molecule has 0 spiro atoms. The van der Waals surface area contributed by atoms with Crippen molar-refractivity contribution in [3.05, 3.63) is 52.2 Å². The van der Waals surface area contributed by atoms with Gasteiger partial charge in [0.05, 0.1) is 10.9 Å². The summed E-state index contributed by atoms with van der Waals surface area (Å²) < 4.78 is 6.27. The number of hydrogen-bond donors (Lipinski definition) is 1. The third-order valence-corrected chi connectivity index (χ3v) is 5.40. The number of carbonyl (C=O) groups excluding carboxylic acids is 1. The SMILES string of the molecule is CCC1(CC)C[C@H](NC(=O)c2cccs2)c2ccccc2O1. The maximum absolute atomic E-state index is 12.4. The Bertz CT molecular complexity index is 647. The van der Waals surface area contributed by atoms with Crippen molar-refractivity contribution in [2.75, 3.05) is 0 Å². The normalized spacial score (nSPS) is 19.1. The molecule has 22 heavy (non-hydrogen) atoms. The van der Waals surface area contributed by atoms with Crippen molar-refractivity contribution >= 4 is 17.2 Å². The lowest BCUT2D eigenvalue weighted by Gasteiger charge is -2.41. The van der Waals surface area contributed by atoms with Crippen LogP contribution >= 0.6 is 11.3 Å². The highest BCUT2D eigenvalue weighted by atomic mass is 32.1. The van der Waals surface area contributed by atoms with E-state index in [9.17, 15) is 4.79 Å². The van der Waals surface area contributed by atoms with Crippen LogP contribution in [0.4, 0.5) is 0 Å². The van der Waals surface area contributed by atoms with E-state index in [1.807, 2.05) is 41.8 Å². The van der Waals surface area contributed by atoms with Gasteiger partial charge in [0.2, 0.25) is 0 Å². The smallest absolute Gasteiger partial charge is 0.261 e. The van der Waals surface area contributed by atoms with Crippen LogP contribution < -0.4 is 10.1 Å². The van der Waals surface area contributed by atoms with Crippen LogP contribution in [0.3, 0.4) is 0 Å². The maximum atomic E-state index is 12.4. The van der Waals surface area contributed by atoms with E-state index in [4.69, 9.17) is 4.74 Å². The average Bonchev–Trinajstić information content (AvgIpc) is 3.09. The number of rotatable bonds is 4. The second kappa shape index (κ2) is 6.13. The summed E-state index contributed by atoms with van der Waals surface area (Å²) >= 11 is 1.47. The van der Waals surface area contributed by atoms with Gasteiger partial charge in [0.1, 0.15) is 11.4 Å². The minimum absolute atomic E-state index is 0.000509. The Morgan fingerprint density at radius 3 is 2.73 bits per heavy atom. The molecule has 0 saturated carbocycles. The van der Waals surface area contributed by atoms with Gasteiger partial charge >= 0.3 is 0 Å². The quantitative estimate of drug-likeness (QED) is 0.898. The number of benzene rings is 1. The fraction of sp³-hybridized carbons (Fsp3) is 0.389. The van der Waals surface area contributed by atoms with Crippen LogP contribution in [0.2, 0.25) is 0 Å². The highest BCUT2D eigenvalue weighted by molar-refractivity contribution is 7.12. The van der Waals surface area contributed by atoms with Gasteiger partial charge < -0.3 is 10.1 Å². The van der Waals surface area contributed by atoms with Gasteiger partial charge in [-0.25, -0.2) is 0 Å². The molecule has 2 aromatic rings. The summed E-state index contributed by atoms with van der Waals surface area (Å²) in [6.45, 7) is 4.30. The van der Waals surface area contributed by atoms with Crippen LogP contribution in [0.25, 0.3) is 0 Å². The molecule has 2 heterocycles. The molecule has 0 unspecified atom stereocenters. The molecule has 0 fully saturated rings. The van der Waals surface area contributed by atoms with Gasteiger partial charge in [-0.1, -0.05) is 38.1 Å². The van der Waals surface area contributed by atoms with Gasteiger partial charge in [-0.3, -0.25) is 4.79 Å². The van der Waals surface area contributed by atoms with Crippen molar-refractivity contribution in [3.8, 4) is 5.75 Å². The molecule has 1 aromatic heterocycles. The first-order valence-electron chi connectivity index (χ1n) is 7.80. The maximum Gasteiger partial charge on any atom is 0.261 e. The highest BCUT2D eigenvalue weighted by Gasteiger charge is 2.39. The van der Waals surface area contributed by atoms with Crippen molar-refractivity contribution < 1.29 is 9.53 Å². The van der Waals surface area contributed by atoms with Crippen molar-refractivity contribution in [2.45, 2.75) is 44.8 Å². The molecule has 1 atom stereocenters. The molecule has 0 saturated heterocycles. The van der Waals surface area contributed by atoms with Crippen LogP contribution in [0.15, 0.2) is 41.8 Å². The Hall–Kier alpha value is -1.81. The first-order chi connectivity index (χ1) is 10.7. The van der Waals surface area contributed by atoms with Gasteiger partial charge in [0.15, 0.2) is 0 Å². The van der Waals surface area contributed by atoms with E-state index in [0.29, 0.717) is 0 Å². The lowest BCUT2D eigenvalue weighted by molar-refractivity contribution is 0.0228. The molecule has 3 rings (SSSR count). The fourth-order valence-electron chi connectivity index (χ4n) is 3.07. The number of ether oxygens (including phenoxy) is 1. The van der Waals surface area contributed by atoms with Gasteiger partial charge in [0.25, 0.3) is 5.91 Å². The second-order valence-corrected chi connectivity index (χ2v) is 6.69. The van der Waals surface area contributed by atoms with Crippen molar-refractivity contribution in [1.29, 1.82) is 0 Å². The Morgan fingerprint density at radius 1 is 1.27 bits per heavy atom. The summed E-state index contributed by atoms with van der Waals surface area (Å²) in [7, 11) is 0. The van der Waals surface area contributed by atoms with Gasteiger partial charge in [-0.05, 0) is 30.4 Å². The zero-order valence-electron chi connectivity index (χ0n) is 13.0. The first kappa shape index (κ1) is 15.1. The summed E-state index contributed by atoms with van der Waals surface area (Å²) in [6.07, 6.45) is 2.68. The predicted molar refractivity (Wildman–Crippen MR) is 89.5 cm³/mol. The number of carbonyl (C=O) groups is 1. The lowest BCUT2D eigenvalue weighted by Crippen LogP contribution is -2.44. The Morgan fingerprint density at radius 2 is 2.05 bits per heavy atom. The number of thiophene rings is 1. The van der Waals surface area contributed by atoms with Crippen molar-refractivity contribution in [1.82, 2.24) is 5.32 Å². The van der Waals surface area contributed by atoms with E-state index >= 15 is 0 Å². The Kier molecular flexibility index (Phi) is 4.21. The topological polar surface area (TPSA) is 38.3 Å². The van der Waals surface area contributed by atoms with Gasteiger partial charge in [-0.15, -0.1) is 11.3 Å². The standard InChI is InChI=1S/C18H21NO2S/c1-3-18(4-2)12-14(13-8-5-6-9-15(13)21-18)19-17(20)16-10-7-11-22-16/h5-11,14H,3-4,12H2,1-2H3,(H,19,20)/t14-/m0/s1. The number of fused-ring (bicyclic) bond motifs is 1. The minimum Gasteiger partial charge on any atom is -0.487 e. The molecule has 1 aromatic carbocycles. The van der Waals surface area contributed by atoms with E-state index < -0.39 is 0 Å². The lowest BCUT2D eigenvalue weighted by atomic mass is 9.83. The Balaban J connectivity index is 1.90. The number of amides is 1. The molecule has 116 valence electrons. The van der Waals surface area contributed by atoms with E-state index in [1.54, 1.807) is 0 Å².